The van der Waals surface area contributed by atoms with Crippen molar-refractivity contribution in [2.75, 3.05) is 24.5 Å². The van der Waals surface area contributed by atoms with Crippen molar-refractivity contribution in [1.82, 2.24) is 0 Å². The molecule has 3 nitrogen and oxygen atoms in total. The third-order valence-corrected chi connectivity index (χ3v) is 4.10. The molecule has 0 aliphatic rings. The van der Waals surface area contributed by atoms with E-state index in [-0.39, 0.29) is 22.2 Å². The summed E-state index contributed by atoms with van der Waals surface area (Å²) in [5, 5.41) is 0. The first-order chi connectivity index (χ1) is 8.73. The van der Waals surface area contributed by atoms with E-state index < -0.39 is 0 Å². The molecule has 4 heteroatoms. The van der Waals surface area contributed by atoms with Crippen molar-refractivity contribution in [3.63, 3.8) is 0 Å². The number of hydrogen-bond donors (Lipinski definition) is 0. The van der Waals surface area contributed by atoms with E-state index >= 15 is 0 Å². The Morgan fingerprint density at radius 1 is 1.05 bits per heavy atom. The van der Waals surface area contributed by atoms with Crippen molar-refractivity contribution in [1.29, 1.82) is 0 Å². The predicted molar refractivity (Wildman–Crippen MR) is 84.5 cm³/mol. The zero-order chi connectivity index (χ0) is 14.7. The lowest BCUT2D eigenvalue weighted by Gasteiger charge is -2.20. The lowest BCUT2D eigenvalue weighted by atomic mass is 10.1. The summed E-state index contributed by atoms with van der Waals surface area (Å²) in [6.07, 6.45) is 3.79. The molecule has 1 amide bonds. The van der Waals surface area contributed by atoms with Crippen LogP contribution >= 0.6 is 10.5 Å². The summed E-state index contributed by atoms with van der Waals surface area (Å²) in [4.78, 5) is 26.0. The fraction of sp³-hybridized carbons (Fsp3) is 0.400. The van der Waals surface area contributed by atoms with Crippen LogP contribution < -0.4 is 4.90 Å². The number of amides is 1. The van der Waals surface area contributed by atoms with E-state index in [4.69, 9.17) is 0 Å². The van der Waals surface area contributed by atoms with E-state index in [0.29, 0.717) is 4.86 Å². The number of rotatable bonds is 3. The second-order valence-electron chi connectivity index (χ2n) is 4.91. The minimum absolute atomic E-state index is 0.144. The summed E-state index contributed by atoms with van der Waals surface area (Å²) in [6, 6.07) is 5.96. The molecule has 0 radical (unpaired) electrons. The van der Waals surface area contributed by atoms with E-state index in [0.717, 1.165) is 16.8 Å². The first-order valence-electron chi connectivity index (χ1n) is 6.06. The van der Waals surface area contributed by atoms with Crippen molar-refractivity contribution >= 4 is 32.7 Å². The van der Waals surface area contributed by atoms with Crippen LogP contribution in [0.25, 0.3) is 0 Å². The zero-order valence-corrected chi connectivity index (χ0v) is 13.2. The summed E-state index contributed by atoms with van der Waals surface area (Å²) in [5.41, 5.74) is 3.03. The molecule has 0 aliphatic heterocycles. The molecule has 0 unspecified atom stereocenters. The lowest BCUT2D eigenvalue weighted by molar-refractivity contribution is -0.115. The number of benzene rings is 1. The molecule has 0 bridgehead atoms. The molecule has 0 atom stereocenters. The van der Waals surface area contributed by atoms with E-state index in [1.54, 1.807) is 11.9 Å². The smallest absolute Gasteiger partial charge is 0.267 e. The van der Waals surface area contributed by atoms with Gasteiger partial charge in [0, 0.05) is 12.7 Å². The van der Waals surface area contributed by atoms with Gasteiger partial charge >= 0.3 is 0 Å². The molecule has 0 saturated heterocycles. The zero-order valence-electron chi connectivity index (χ0n) is 12.4. The SMILES string of the molecule is CC(=O)C(C(=O)N(C)c1cc(C)cc(C)c1)=S(C)C. The standard InChI is InChI=1S/C15H21NO2S/c1-10-7-11(2)9-13(8-10)16(4)15(18)14(12(3)17)19(5)6/h7-9H,1-6H3. The normalized spacial score (nSPS) is 10.5. The van der Waals surface area contributed by atoms with Crippen LogP contribution in [0.1, 0.15) is 18.1 Å². The maximum Gasteiger partial charge on any atom is 0.267 e. The van der Waals surface area contributed by atoms with Gasteiger partial charge in [0.1, 0.15) is 4.86 Å². The quantitative estimate of drug-likeness (QED) is 0.630. The third kappa shape index (κ3) is 3.77. The molecule has 0 heterocycles. The maximum atomic E-state index is 12.4. The fourth-order valence-corrected chi connectivity index (χ4v) is 3.09. The Morgan fingerprint density at radius 3 is 1.89 bits per heavy atom. The van der Waals surface area contributed by atoms with Gasteiger partial charge < -0.3 is 4.90 Å². The van der Waals surface area contributed by atoms with Crippen molar-refractivity contribution in [3.05, 3.63) is 29.3 Å². The summed E-state index contributed by atoms with van der Waals surface area (Å²) in [7, 11) is 1.37. The van der Waals surface area contributed by atoms with Crippen LogP contribution in [-0.4, -0.2) is 36.1 Å². The predicted octanol–water partition coefficient (Wildman–Crippen LogP) is 2.56. The van der Waals surface area contributed by atoms with E-state index in [1.165, 1.54) is 6.92 Å². The molecule has 0 aliphatic carbocycles. The van der Waals surface area contributed by atoms with Crippen LogP contribution in [0.4, 0.5) is 5.69 Å². The largest absolute Gasteiger partial charge is 0.311 e. The van der Waals surface area contributed by atoms with Gasteiger partial charge in [-0.25, -0.2) is 0 Å². The molecule has 1 aromatic rings. The van der Waals surface area contributed by atoms with Gasteiger partial charge in [-0.05, 0) is 56.5 Å². The Labute approximate surface area is 117 Å². The molecule has 0 fully saturated rings. The van der Waals surface area contributed by atoms with Gasteiger partial charge in [-0.15, -0.1) is 0 Å². The van der Waals surface area contributed by atoms with E-state index in [9.17, 15) is 9.59 Å². The monoisotopic (exact) mass is 279 g/mol. The van der Waals surface area contributed by atoms with Gasteiger partial charge in [0.15, 0.2) is 5.78 Å². The number of ketones is 1. The highest BCUT2D eigenvalue weighted by atomic mass is 32.2. The fourth-order valence-electron chi connectivity index (χ4n) is 2.03. The summed E-state index contributed by atoms with van der Waals surface area (Å²) >= 11 is 0. The van der Waals surface area contributed by atoms with E-state index in [1.807, 2.05) is 38.5 Å². The summed E-state index contributed by atoms with van der Waals surface area (Å²) in [5.74, 6) is -0.347. The highest BCUT2D eigenvalue weighted by molar-refractivity contribution is 8.16. The number of aryl methyl sites for hydroxylation is 2. The van der Waals surface area contributed by atoms with Gasteiger partial charge in [0.25, 0.3) is 5.91 Å². The van der Waals surface area contributed by atoms with Gasteiger partial charge in [-0.1, -0.05) is 6.07 Å². The molecular weight excluding hydrogens is 258 g/mol. The van der Waals surface area contributed by atoms with Crippen LogP contribution in [0, 0.1) is 13.8 Å². The van der Waals surface area contributed by atoms with Crippen molar-refractivity contribution in [2.45, 2.75) is 20.8 Å². The average Bonchev–Trinajstić information content (AvgIpc) is 2.25. The minimum Gasteiger partial charge on any atom is -0.311 e. The Hall–Kier alpha value is -1.42. The third-order valence-electron chi connectivity index (χ3n) is 2.82. The van der Waals surface area contributed by atoms with Gasteiger partial charge in [0.2, 0.25) is 0 Å². The highest BCUT2D eigenvalue weighted by Gasteiger charge is 2.21. The van der Waals surface area contributed by atoms with Crippen LogP contribution in [-0.2, 0) is 9.59 Å². The minimum atomic E-state index is -0.343. The number of nitrogens with zero attached hydrogens (tertiary/aromatic N) is 1. The Morgan fingerprint density at radius 2 is 1.53 bits per heavy atom. The van der Waals surface area contributed by atoms with Gasteiger partial charge in [-0.3, -0.25) is 9.59 Å². The van der Waals surface area contributed by atoms with Gasteiger partial charge in [0.05, 0.1) is 0 Å². The lowest BCUT2D eigenvalue weighted by Crippen LogP contribution is -2.36. The maximum absolute atomic E-state index is 12.4. The average molecular weight is 279 g/mol. The second kappa shape index (κ2) is 6.15. The molecule has 1 aromatic carbocycles. The Kier molecular flexibility index (Phi) is 5.06. The molecular formula is C15H21NO2S. The molecule has 0 aromatic heterocycles. The molecule has 104 valence electrons. The van der Waals surface area contributed by atoms with Crippen LogP contribution in [0.2, 0.25) is 0 Å². The Bertz CT molecular complexity index is 537. The number of carbonyl (C=O) groups is 2. The number of hydrogen-bond acceptors (Lipinski definition) is 2. The first kappa shape index (κ1) is 15.6. The van der Waals surface area contributed by atoms with Crippen LogP contribution in [0.15, 0.2) is 18.2 Å². The van der Waals surface area contributed by atoms with Crippen molar-refractivity contribution in [3.8, 4) is 0 Å². The van der Waals surface area contributed by atoms with Crippen molar-refractivity contribution < 1.29 is 9.59 Å². The second-order valence-corrected chi connectivity index (χ2v) is 6.95. The molecule has 0 N–H and O–H groups in total. The topological polar surface area (TPSA) is 37.4 Å². The molecule has 19 heavy (non-hydrogen) atoms. The first-order valence-corrected chi connectivity index (χ1v) is 8.10. The van der Waals surface area contributed by atoms with E-state index in [2.05, 4.69) is 6.07 Å². The molecule has 0 saturated carbocycles. The van der Waals surface area contributed by atoms with Crippen molar-refractivity contribution in [2.24, 2.45) is 0 Å². The van der Waals surface area contributed by atoms with Crippen LogP contribution in [0.3, 0.4) is 0 Å². The van der Waals surface area contributed by atoms with Gasteiger partial charge in [-0.2, -0.15) is 10.5 Å². The Balaban J connectivity index is 3.19. The summed E-state index contributed by atoms with van der Waals surface area (Å²) in [6.45, 7) is 5.44. The molecule has 1 rings (SSSR count). The number of anilines is 1. The molecule has 0 spiro atoms. The van der Waals surface area contributed by atoms with Crippen LogP contribution in [0.5, 0.6) is 0 Å². The highest BCUT2D eigenvalue weighted by Crippen LogP contribution is 2.19. The number of Topliss-reactive ketones (excluding diaryl/α,β-unsaturated/α-hetero) is 1. The number of carbonyl (C=O) groups excluding carboxylic acids is 2. The summed E-state index contributed by atoms with van der Waals surface area (Å²) < 4.78 is 0.